The monoisotopic (exact) mass is 531 g/mol. The van der Waals surface area contributed by atoms with Crippen LogP contribution < -0.4 is 9.47 Å². The highest BCUT2D eigenvalue weighted by Gasteiger charge is 2.13. The molecule has 0 bridgehead atoms. The molecule has 0 aliphatic heterocycles. The normalized spacial score (nSPS) is 11.5. The maximum absolute atomic E-state index is 12.6. The summed E-state index contributed by atoms with van der Waals surface area (Å²) in [7, 11) is 3.28. The first-order valence-corrected chi connectivity index (χ1v) is 13.7. The number of hydrogen-bond donors (Lipinski definition) is 0. The standard InChI is InChI=1S/C33H41NO5/c1-26(33(36)37-3)11-12-28-13-17-30(18-14-28)38-23-7-8-24-39-31-19-15-29(16-20-31)25-32(35)34(2)22-21-27-9-5-4-6-10-27/h4-6,9-10,13-20,26H,7-8,11-12,21-25H2,1-3H3. The van der Waals surface area contributed by atoms with Crippen molar-refractivity contribution < 1.29 is 23.8 Å². The number of esters is 1. The van der Waals surface area contributed by atoms with Crippen molar-refractivity contribution in [2.75, 3.05) is 33.9 Å². The van der Waals surface area contributed by atoms with Crippen LogP contribution in [0.5, 0.6) is 11.5 Å². The molecule has 0 saturated carbocycles. The van der Waals surface area contributed by atoms with Gasteiger partial charge in [-0.15, -0.1) is 0 Å². The first-order chi connectivity index (χ1) is 18.9. The second-order valence-corrected chi connectivity index (χ2v) is 9.88. The molecular weight excluding hydrogens is 490 g/mol. The van der Waals surface area contributed by atoms with Crippen LogP contribution in [0.25, 0.3) is 0 Å². The number of benzene rings is 3. The van der Waals surface area contributed by atoms with E-state index in [4.69, 9.17) is 14.2 Å². The van der Waals surface area contributed by atoms with Crippen molar-refractivity contribution >= 4 is 11.9 Å². The minimum absolute atomic E-state index is 0.0994. The number of aryl methyl sites for hydroxylation is 1. The topological polar surface area (TPSA) is 65.1 Å². The Kier molecular flexibility index (Phi) is 12.4. The van der Waals surface area contributed by atoms with Crippen LogP contribution >= 0.6 is 0 Å². The van der Waals surface area contributed by atoms with Gasteiger partial charge < -0.3 is 19.1 Å². The summed E-state index contributed by atoms with van der Waals surface area (Å²) in [5, 5.41) is 0. The summed E-state index contributed by atoms with van der Waals surface area (Å²) in [5.41, 5.74) is 3.40. The molecule has 0 aliphatic rings. The largest absolute Gasteiger partial charge is 0.494 e. The molecular formula is C33H41NO5. The number of nitrogens with zero attached hydrogens (tertiary/aromatic N) is 1. The minimum atomic E-state index is -0.166. The Labute approximate surface area is 232 Å². The lowest BCUT2D eigenvalue weighted by Crippen LogP contribution is -2.30. The maximum atomic E-state index is 12.6. The zero-order chi connectivity index (χ0) is 27.9. The molecule has 0 aromatic heterocycles. The molecule has 6 nitrogen and oxygen atoms in total. The van der Waals surface area contributed by atoms with E-state index in [1.807, 2.05) is 80.7 Å². The number of carbonyl (C=O) groups excluding carboxylic acids is 2. The van der Waals surface area contributed by atoms with Crippen molar-refractivity contribution in [1.82, 2.24) is 4.90 Å². The van der Waals surface area contributed by atoms with Crippen LogP contribution in [-0.4, -0.2) is 50.7 Å². The summed E-state index contributed by atoms with van der Waals surface area (Å²) in [5.74, 6) is 1.50. The Morgan fingerprint density at radius 1 is 0.744 bits per heavy atom. The third-order valence-corrected chi connectivity index (χ3v) is 6.75. The van der Waals surface area contributed by atoms with Gasteiger partial charge >= 0.3 is 5.97 Å². The molecule has 0 aliphatic carbocycles. The first kappa shape index (κ1) is 29.8. The highest BCUT2D eigenvalue weighted by molar-refractivity contribution is 5.78. The van der Waals surface area contributed by atoms with E-state index < -0.39 is 0 Å². The van der Waals surface area contributed by atoms with Crippen LogP contribution in [0, 0.1) is 5.92 Å². The van der Waals surface area contributed by atoms with E-state index >= 15 is 0 Å². The van der Waals surface area contributed by atoms with Gasteiger partial charge in [0.15, 0.2) is 0 Å². The van der Waals surface area contributed by atoms with Gasteiger partial charge in [-0.1, -0.05) is 61.5 Å². The molecule has 1 amide bonds. The summed E-state index contributed by atoms with van der Waals surface area (Å²) in [6, 6.07) is 26.0. The fourth-order valence-electron chi connectivity index (χ4n) is 4.12. The summed E-state index contributed by atoms with van der Waals surface area (Å²) in [4.78, 5) is 25.9. The lowest BCUT2D eigenvalue weighted by atomic mass is 10.0. The van der Waals surface area contributed by atoms with E-state index in [0.717, 1.165) is 49.2 Å². The van der Waals surface area contributed by atoms with E-state index in [0.29, 0.717) is 26.2 Å². The number of unbranched alkanes of at least 4 members (excludes halogenated alkanes) is 1. The zero-order valence-electron chi connectivity index (χ0n) is 23.4. The summed E-state index contributed by atoms with van der Waals surface area (Å²) < 4.78 is 16.5. The first-order valence-electron chi connectivity index (χ1n) is 13.7. The molecule has 208 valence electrons. The van der Waals surface area contributed by atoms with Gasteiger partial charge in [-0.2, -0.15) is 0 Å². The van der Waals surface area contributed by atoms with Gasteiger partial charge in [-0.25, -0.2) is 0 Å². The molecule has 0 radical (unpaired) electrons. The van der Waals surface area contributed by atoms with Gasteiger partial charge in [0.2, 0.25) is 5.91 Å². The lowest BCUT2D eigenvalue weighted by molar-refractivity contribution is -0.145. The van der Waals surface area contributed by atoms with Crippen LogP contribution in [0.3, 0.4) is 0 Å². The SMILES string of the molecule is COC(=O)C(C)CCc1ccc(OCCCCOc2ccc(CC(=O)N(C)CCc3ccccc3)cc2)cc1. The maximum Gasteiger partial charge on any atom is 0.308 e. The molecule has 0 spiro atoms. The lowest BCUT2D eigenvalue weighted by Gasteiger charge is -2.17. The highest BCUT2D eigenvalue weighted by atomic mass is 16.5. The second-order valence-electron chi connectivity index (χ2n) is 9.88. The molecule has 3 aromatic rings. The van der Waals surface area contributed by atoms with Crippen LogP contribution in [0.2, 0.25) is 0 Å². The molecule has 0 fully saturated rings. The van der Waals surface area contributed by atoms with Crippen molar-refractivity contribution in [3.8, 4) is 11.5 Å². The minimum Gasteiger partial charge on any atom is -0.494 e. The van der Waals surface area contributed by atoms with Crippen molar-refractivity contribution in [3.05, 3.63) is 95.6 Å². The molecule has 0 N–H and O–H groups in total. The number of amides is 1. The number of rotatable bonds is 16. The van der Waals surface area contributed by atoms with Gasteiger partial charge in [0.1, 0.15) is 11.5 Å². The van der Waals surface area contributed by atoms with Crippen molar-refractivity contribution in [1.29, 1.82) is 0 Å². The predicted octanol–water partition coefficient (Wildman–Crippen LogP) is 5.91. The van der Waals surface area contributed by atoms with Crippen molar-refractivity contribution in [2.24, 2.45) is 5.92 Å². The third kappa shape index (κ3) is 10.8. The van der Waals surface area contributed by atoms with E-state index in [9.17, 15) is 9.59 Å². The molecule has 3 aromatic carbocycles. The summed E-state index contributed by atoms with van der Waals surface area (Å²) >= 11 is 0. The van der Waals surface area contributed by atoms with E-state index in [1.165, 1.54) is 18.2 Å². The molecule has 0 heterocycles. The van der Waals surface area contributed by atoms with Crippen molar-refractivity contribution in [2.45, 2.75) is 45.4 Å². The average Bonchev–Trinajstić information content (AvgIpc) is 2.97. The van der Waals surface area contributed by atoms with Gasteiger partial charge in [-0.3, -0.25) is 9.59 Å². The number of hydrogen-bond acceptors (Lipinski definition) is 5. The fraction of sp³-hybridized carbons (Fsp3) is 0.394. The van der Waals surface area contributed by atoms with E-state index in [-0.39, 0.29) is 17.8 Å². The van der Waals surface area contributed by atoms with Gasteiger partial charge in [0.05, 0.1) is 32.7 Å². The molecule has 6 heteroatoms. The summed E-state index contributed by atoms with van der Waals surface area (Å²) in [6.07, 6.45) is 4.61. The summed E-state index contributed by atoms with van der Waals surface area (Å²) in [6.45, 7) is 3.83. The van der Waals surface area contributed by atoms with Gasteiger partial charge in [0.25, 0.3) is 0 Å². The Balaban J connectivity index is 1.27. The van der Waals surface area contributed by atoms with Gasteiger partial charge in [0, 0.05) is 13.6 Å². The molecule has 3 rings (SSSR count). The van der Waals surface area contributed by atoms with E-state index in [2.05, 4.69) is 12.1 Å². The molecule has 39 heavy (non-hydrogen) atoms. The van der Waals surface area contributed by atoms with Crippen LogP contribution in [-0.2, 0) is 33.6 Å². The Bertz CT molecular complexity index is 1130. The van der Waals surface area contributed by atoms with Crippen LogP contribution in [0.15, 0.2) is 78.9 Å². The quantitative estimate of drug-likeness (QED) is 0.170. The second kappa shape index (κ2) is 16.2. The van der Waals surface area contributed by atoms with Crippen LogP contribution in [0.1, 0.15) is 42.9 Å². The average molecular weight is 532 g/mol. The molecule has 0 saturated heterocycles. The number of carbonyl (C=O) groups is 2. The number of methoxy groups -OCH3 is 1. The molecule has 1 atom stereocenters. The number of likely N-dealkylation sites (N-methyl/N-ethyl adjacent to an activating group) is 1. The molecule has 1 unspecified atom stereocenters. The number of ether oxygens (including phenoxy) is 3. The Morgan fingerprint density at radius 3 is 1.85 bits per heavy atom. The smallest absolute Gasteiger partial charge is 0.308 e. The Morgan fingerprint density at radius 2 is 1.28 bits per heavy atom. The van der Waals surface area contributed by atoms with Crippen molar-refractivity contribution in [3.63, 3.8) is 0 Å². The predicted molar refractivity (Wildman–Crippen MR) is 154 cm³/mol. The van der Waals surface area contributed by atoms with Gasteiger partial charge in [-0.05, 0) is 73.1 Å². The fourth-order valence-corrected chi connectivity index (χ4v) is 4.12. The highest BCUT2D eigenvalue weighted by Crippen LogP contribution is 2.17. The Hall–Kier alpha value is -3.80. The van der Waals surface area contributed by atoms with Crippen LogP contribution in [0.4, 0.5) is 0 Å². The third-order valence-electron chi connectivity index (χ3n) is 6.75. The zero-order valence-corrected chi connectivity index (χ0v) is 23.4. The van der Waals surface area contributed by atoms with E-state index in [1.54, 1.807) is 4.90 Å².